The van der Waals surface area contributed by atoms with E-state index in [1.54, 1.807) is 23.7 Å². The van der Waals surface area contributed by atoms with Gasteiger partial charge in [-0.1, -0.05) is 6.07 Å². The van der Waals surface area contributed by atoms with Crippen LogP contribution in [0.2, 0.25) is 0 Å². The van der Waals surface area contributed by atoms with Gasteiger partial charge in [-0.3, -0.25) is 9.78 Å². The van der Waals surface area contributed by atoms with Crippen molar-refractivity contribution in [3.05, 3.63) is 52.0 Å². The van der Waals surface area contributed by atoms with Gasteiger partial charge in [0.2, 0.25) is 5.91 Å². The SMILES string of the molecule is O=C(NCCC(=O)N1CCc2sccc2C1)NCc1cccnc1. The lowest BCUT2D eigenvalue weighted by atomic mass is 10.1. The minimum atomic E-state index is -0.273. The Labute approximate surface area is 144 Å². The lowest BCUT2D eigenvalue weighted by molar-refractivity contribution is -0.131. The van der Waals surface area contributed by atoms with Gasteiger partial charge in [-0.25, -0.2) is 4.79 Å². The number of hydrogen-bond acceptors (Lipinski definition) is 4. The van der Waals surface area contributed by atoms with E-state index in [9.17, 15) is 9.59 Å². The summed E-state index contributed by atoms with van der Waals surface area (Å²) < 4.78 is 0. The molecular weight excluding hydrogens is 324 g/mol. The van der Waals surface area contributed by atoms with Gasteiger partial charge in [0.1, 0.15) is 0 Å². The minimum absolute atomic E-state index is 0.0828. The number of carbonyl (C=O) groups excluding carboxylic acids is 2. The van der Waals surface area contributed by atoms with Crippen LogP contribution in [-0.2, 0) is 24.3 Å². The third-order valence-corrected chi connectivity index (χ3v) is 4.98. The Balaban J connectivity index is 1.35. The van der Waals surface area contributed by atoms with Gasteiger partial charge in [0.05, 0.1) is 0 Å². The fourth-order valence-corrected chi connectivity index (χ4v) is 3.54. The van der Waals surface area contributed by atoms with Crippen molar-refractivity contribution in [2.75, 3.05) is 13.1 Å². The lowest BCUT2D eigenvalue weighted by Gasteiger charge is -2.27. The molecule has 2 N–H and O–H groups in total. The molecule has 6 nitrogen and oxygen atoms in total. The molecule has 1 aliphatic rings. The summed E-state index contributed by atoms with van der Waals surface area (Å²) in [6.45, 7) is 2.20. The summed E-state index contributed by atoms with van der Waals surface area (Å²) in [5, 5.41) is 7.55. The molecule has 2 aromatic rings. The Morgan fingerprint density at radius 1 is 1.29 bits per heavy atom. The Kier molecular flexibility index (Phi) is 5.43. The van der Waals surface area contributed by atoms with Crippen LogP contribution < -0.4 is 10.6 Å². The van der Waals surface area contributed by atoms with Crippen molar-refractivity contribution in [1.29, 1.82) is 0 Å². The summed E-state index contributed by atoms with van der Waals surface area (Å²) in [7, 11) is 0. The molecule has 2 aromatic heterocycles. The fraction of sp³-hybridized carbons (Fsp3) is 0.353. The Hall–Kier alpha value is -2.41. The first-order chi connectivity index (χ1) is 11.7. The van der Waals surface area contributed by atoms with E-state index in [0.29, 0.717) is 26.1 Å². The van der Waals surface area contributed by atoms with Gasteiger partial charge in [-0.15, -0.1) is 11.3 Å². The van der Waals surface area contributed by atoms with Crippen molar-refractivity contribution in [2.45, 2.75) is 25.9 Å². The lowest BCUT2D eigenvalue weighted by Crippen LogP contribution is -2.40. The van der Waals surface area contributed by atoms with Crippen LogP contribution in [0.15, 0.2) is 36.0 Å². The number of rotatable bonds is 5. The number of nitrogens with zero attached hydrogens (tertiary/aromatic N) is 2. The molecule has 0 spiro atoms. The molecule has 7 heteroatoms. The fourth-order valence-electron chi connectivity index (χ4n) is 2.65. The summed E-state index contributed by atoms with van der Waals surface area (Å²) >= 11 is 1.76. The predicted octanol–water partition coefficient (Wildman–Crippen LogP) is 1.92. The number of nitrogens with one attached hydrogen (secondary N) is 2. The normalized spacial score (nSPS) is 13.2. The molecular formula is C17H20N4O2S. The predicted molar refractivity (Wildman–Crippen MR) is 92.5 cm³/mol. The Bertz CT molecular complexity index is 702. The van der Waals surface area contributed by atoms with Crippen molar-refractivity contribution < 1.29 is 9.59 Å². The first-order valence-corrected chi connectivity index (χ1v) is 8.84. The van der Waals surface area contributed by atoms with Crippen LogP contribution in [0.4, 0.5) is 4.79 Å². The quantitative estimate of drug-likeness (QED) is 0.870. The molecule has 24 heavy (non-hydrogen) atoms. The van der Waals surface area contributed by atoms with Gasteiger partial charge in [0.25, 0.3) is 0 Å². The number of pyridine rings is 1. The first kappa shape index (κ1) is 16.4. The van der Waals surface area contributed by atoms with Gasteiger partial charge in [-0.2, -0.15) is 0 Å². The number of fused-ring (bicyclic) bond motifs is 1. The zero-order valence-corrected chi connectivity index (χ0v) is 14.1. The van der Waals surface area contributed by atoms with E-state index in [-0.39, 0.29) is 11.9 Å². The number of amides is 3. The highest BCUT2D eigenvalue weighted by atomic mass is 32.1. The second-order valence-corrected chi connectivity index (χ2v) is 6.66. The summed E-state index contributed by atoms with van der Waals surface area (Å²) in [5.74, 6) is 0.0828. The molecule has 0 fully saturated rings. The largest absolute Gasteiger partial charge is 0.338 e. The average Bonchev–Trinajstić information content (AvgIpc) is 3.08. The second-order valence-electron chi connectivity index (χ2n) is 5.66. The van der Waals surface area contributed by atoms with Crippen LogP contribution in [0, 0.1) is 0 Å². The Morgan fingerprint density at radius 3 is 3.04 bits per heavy atom. The van der Waals surface area contributed by atoms with Gasteiger partial charge >= 0.3 is 6.03 Å². The second kappa shape index (κ2) is 7.92. The molecule has 0 radical (unpaired) electrons. The maximum atomic E-state index is 12.2. The molecule has 0 saturated heterocycles. The van der Waals surface area contributed by atoms with Crippen LogP contribution in [0.25, 0.3) is 0 Å². The van der Waals surface area contributed by atoms with Crippen LogP contribution in [0.3, 0.4) is 0 Å². The molecule has 3 amide bonds. The van der Waals surface area contributed by atoms with E-state index in [1.165, 1.54) is 10.4 Å². The van der Waals surface area contributed by atoms with Gasteiger partial charge in [0.15, 0.2) is 0 Å². The summed E-state index contributed by atoms with van der Waals surface area (Å²) in [5.41, 5.74) is 2.19. The summed E-state index contributed by atoms with van der Waals surface area (Å²) in [4.78, 5) is 31.2. The molecule has 3 rings (SSSR count). The maximum Gasteiger partial charge on any atom is 0.315 e. The van der Waals surface area contributed by atoms with Crippen molar-refractivity contribution >= 4 is 23.3 Å². The molecule has 0 aromatic carbocycles. The number of aromatic nitrogens is 1. The summed E-state index contributed by atoms with van der Waals surface area (Å²) in [6, 6.07) is 5.53. The van der Waals surface area contributed by atoms with Crippen molar-refractivity contribution in [3.63, 3.8) is 0 Å². The molecule has 0 saturated carbocycles. The molecule has 126 valence electrons. The zero-order valence-electron chi connectivity index (χ0n) is 13.3. The maximum absolute atomic E-state index is 12.2. The van der Waals surface area contributed by atoms with E-state index in [4.69, 9.17) is 0 Å². The van der Waals surface area contributed by atoms with Crippen molar-refractivity contribution in [2.24, 2.45) is 0 Å². The number of urea groups is 1. The zero-order chi connectivity index (χ0) is 16.8. The first-order valence-electron chi connectivity index (χ1n) is 7.96. The smallest absolute Gasteiger partial charge is 0.315 e. The highest BCUT2D eigenvalue weighted by Crippen LogP contribution is 2.24. The highest BCUT2D eigenvalue weighted by Gasteiger charge is 2.21. The third-order valence-electron chi connectivity index (χ3n) is 3.96. The van der Waals surface area contributed by atoms with E-state index < -0.39 is 0 Å². The molecule has 0 unspecified atom stereocenters. The number of thiophene rings is 1. The molecule has 0 bridgehead atoms. The summed E-state index contributed by atoms with van der Waals surface area (Å²) in [6.07, 6.45) is 4.64. The van der Waals surface area contributed by atoms with E-state index in [2.05, 4.69) is 27.1 Å². The van der Waals surface area contributed by atoms with Crippen molar-refractivity contribution in [3.8, 4) is 0 Å². The van der Waals surface area contributed by atoms with Gasteiger partial charge in [0, 0.05) is 49.9 Å². The van der Waals surface area contributed by atoms with Crippen LogP contribution in [-0.4, -0.2) is 34.9 Å². The van der Waals surface area contributed by atoms with E-state index in [1.807, 2.05) is 17.0 Å². The van der Waals surface area contributed by atoms with E-state index >= 15 is 0 Å². The molecule has 3 heterocycles. The third kappa shape index (κ3) is 4.32. The van der Waals surface area contributed by atoms with Crippen LogP contribution in [0.1, 0.15) is 22.4 Å². The van der Waals surface area contributed by atoms with Crippen molar-refractivity contribution in [1.82, 2.24) is 20.5 Å². The van der Waals surface area contributed by atoms with Gasteiger partial charge in [-0.05, 0) is 35.1 Å². The topological polar surface area (TPSA) is 74.3 Å². The monoisotopic (exact) mass is 344 g/mol. The highest BCUT2D eigenvalue weighted by molar-refractivity contribution is 7.10. The molecule has 1 aliphatic heterocycles. The molecule has 0 aliphatic carbocycles. The van der Waals surface area contributed by atoms with Gasteiger partial charge < -0.3 is 15.5 Å². The number of carbonyl (C=O) groups is 2. The minimum Gasteiger partial charge on any atom is -0.338 e. The van der Waals surface area contributed by atoms with E-state index in [0.717, 1.165) is 18.5 Å². The average molecular weight is 344 g/mol. The van der Waals surface area contributed by atoms with Crippen LogP contribution >= 0.6 is 11.3 Å². The Morgan fingerprint density at radius 2 is 2.21 bits per heavy atom. The standard InChI is InChI=1S/C17H20N4O2S/c22-16(21-8-4-15-14(12-21)5-9-24-15)3-7-19-17(23)20-11-13-2-1-6-18-10-13/h1-2,5-6,9-10H,3-4,7-8,11-12H2,(H2,19,20,23). The molecule has 0 atom stereocenters. The number of hydrogen-bond donors (Lipinski definition) is 2. The van der Waals surface area contributed by atoms with Crippen LogP contribution in [0.5, 0.6) is 0 Å².